The third-order valence-corrected chi connectivity index (χ3v) is 4.60. The first kappa shape index (κ1) is 22.4. The van der Waals surface area contributed by atoms with E-state index in [1.165, 1.54) is 12.1 Å². The molecule has 164 valence electrons. The van der Waals surface area contributed by atoms with E-state index in [1.54, 1.807) is 0 Å². The maximum atomic E-state index is 12.3. The van der Waals surface area contributed by atoms with Crippen molar-refractivity contribution in [3.63, 3.8) is 0 Å². The van der Waals surface area contributed by atoms with Crippen LogP contribution in [-0.4, -0.2) is 25.7 Å². The molecule has 0 radical (unpaired) electrons. The summed E-state index contributed by atoms with van der Waals surface area (Å²) < 4.78 is 0. The predicted octanol–water partition coefficient (Wildman–Crippen LogP) is 3.62. The van der Waals surface area contributed by atoms with Crippen LogP contribution in [0.1, 0.15) is 21.5 Å². The second kappa shape index (κ2) is 9.66. The van der Waals surface area contributed by atoms with Crippen LogP contribution in [0.25, 0.3) is 0 Å². The Morgan fingerprint density at radius 3 is 2.38 bits per heavy atom. The third kappa shape index (κ3) is 5.23. The molecule has 0 aliphatic rings. The van der Waals surface area contributed by atoms with Gasteiger partial charge in [-0.3, -0.25) is 35.9 Å². The highest BCUT2D eigenvalue weighted by molar-refractivity contribution is 6.32. The van der Waals surface area contributed by atoms with Crippen molar-refractivity contribution >= 4 is 40.5 Å². The average molecular weight is 458 g/mol. The number of halogens is 1. The summed E-state index contributed by atoms with van der Waals surface area (Å²) in [5, 5.41) is 25.4. The first-order valence-corrected chi connectivity index (χ1v) is 9.43. The van der Waals surface area contributed by atoms with Crippen molar-refractivity contribution in [2.24, 2.45) is 0 Å². The smallest absolute Gasteiger partial charge is 0.354 e. The Hall–Kier alpha value is -4.32. The zero-order chi connectivity index (χ0) is 23.3. The molecule has 32 heavy (non-hydrogen) atoms. The van der Waals surface area contributed by atoms with Crippen molar-refractivity contribution in [3.05, 3.63) is 90.7 Å². The van der Waals surface area contributed by atoms with Gasteiger partial charge in [-0.25, -0.2) is 9.97 Å². The monoisotopic (exact) mass is 457 g/mol. The predicted molar refractivity (Wildman–Crippen MR) is 116 cm³/mol. The quantitative estimate of drug-likeness (QED) is 0.338. The SMILES string of the molecule is Cc1ccc(CNc2ncnc(NNC(=O)c3ccc(Cl)c([N+](=O)[O-])c3)c2[N+](=O)[O-])cc1. The molecule has 3 aromatic rings. The van der Waals surface area contributed by atoms with Crippen molar-refractivity contribution in [1.82, 2.24) is 15.4 Å². The van der Waals surface area contributed by atoms with Crippen molar-refractivity contribution < 1.29 is 14.6 Å². The van der Waals surface area contributed by atoms with Crippen molar-refractivity contribution in [3.8, 4) is 0 Å². The number of carbonyl (C=O) groups excluding carboxylic acids is 1. The number of anilines is 2. The first-order chi connectivity index (χ1) is 15.3. The number of amides is 1. The van der Waals surface area contributed by atoms with Gasteiger partial charge in [-0.15, -0.1) is 0 Å². The van der Waals surface area contributed by atoms with Crippen LogP contribution in [0.15, 0.2) is 48.8 Å². The van der Waals surface area contributed by atoms with Crippen LogP contribution in [0, 0.1) is 27.2 Å². The van der Waals surface area contributed by atoms with Crippen molar-refractivity contribution in [2.45, 2.75) is 13.5 Å². The van der Waals surface area contributed by atoms with Crippen LogP contribution >= 0.6 is 11.6 Å². The normalized spacial score (nSPS) is 10.3. The lowest BCUT2D eigenvalue weighted by molar-refractivity contribution is -0.384. The van der Waals surface area contributed by atoms with E-state index in [9.17, 15) is 25.0 Å². The number of aryl methyl sites for hydroxylation is 1. The molecule has 0 atom stereocenters. The minimum atomic E-state index is -0.785. The van der Waals surface area contributed by atoms with Crippen LogP contribution < -0.4 is 16.2 Å². The molecule has 12 nitrogen and oxygen atoms in total. The Balaban J connectivity index is 1.76. The lowest BCUT2D eigenvalue weighted by Crippen LogP contribution is -2.30. The second-order valence-electron chi connectivity index (χ2n) is 6.52. The van der Waals surface area contributed by atoms with Gasteiger partial charge in [0.1, 0.15) is 11.3 Å². The Morgan fingerprint density at radius 1 is 1.03 bits per heavy atom. The molecule has 0 fully saturated rings. The zero-order valence-corrected chi connectivity index (χ0v) is 17.3. The zero-order valence-electron chi connectivity index (χ0n) is 16.5. The van der Waals surface area contributed by atoms with E-state index in [0.717, 1.165) is 23.5 Å². The molecule has 1 heterocycles. The number of carbonyl (C=O) groups is 1. The number of benzene rings is 2. The topological polar surface area (TPSA) is 165 Å². The van der Waals surface area contributed by atoms with Gasteiger partial charge in [0.15, 0.2) is 0 Å². The van der Waals surface area contributed by atoms with Gasteiger partial charge in [-0.1, -0.05) is 41.4 Å². The summed E-state index contributed by atoms with van der Waals surface area (Å²) in [4.78, 5) is 41.2. The number of hydrazine groups is 1. The molecule has 13 heteroatoms. The molecule has 1 aromatic heterocycles. The van der Waals surface area contributed by atoms with Gasteiger partial charge < -0.3 is 5.32 Å². The van der Waals surface area contributed by atoms with E-state index in [1.807, 2.05) is 31.2 Å². The summed E-state index contributed by atoms with van der Waals surface area (Å²) in [5.74, 6) is -1.11. The number of aromatic nitrogens is 2. The van der Waals surface area contributed by atoms with Crippen LogP contribution in [0.3, 0.4) is 0 Å². The van der Waals surface area contributed by atoms with E-state index in [4.69, 9.17) is 11.6 Å². The number of nitrogens with zero attached hydrogens (tertiary/aromatic N) is 4. The summed E-state index contributed by atoms with van der Waals surface area (Å²) in [5.41, 5.74) is 5.54. The van der Waals surface area contributed by atoms with Crippen LogP contribution in [0.4, 0.5) is 23.0 Å². The lowest BCUT2D eigenvalue weighted by atomic mass is 10.1. The highest BCUT2D eigenvalue weighted by atomic mass is 35.5. The molecule has 0 aliphatic heterocycles. The maximum absolute atomic E-state index is 12.3. The number of nitro groups is 2. The largest absolute Gasteiger partial charge is 0.360 e. The number of nitro benzene ring substituents is 1. The lowest BCUT2D eigenvalue weighted by Gasteiger charge is -2.11. The molecule has 0 spiro atoms. The Bertz CT molecular complexity index is 1190. The first-order valence-electron chi connectivity index (χ1n) is 9.05. The summed E-state index contributed by atoms with van der Waals surface area (Å²) in [7, 11) is 0. The average Bonchev–Trinajstić information content (AvgIpc) is 2.77. The maximum Gasteiger partial charge on any atom is 0.354 e. The molecule has 0 saturated carbocycles. The molecule has 0 saturated heterocycles. The van der Waals surface area contributed by atoms with E-state index >= 15 is 0 Å². The minimum Gasteiger partial charge on any atom is -0.360 e. The Morgan fingerprint density at radius 2 is 1.72 bits per heavy atom. The number of rotatable bonds is 8. The van der Waals surface area contributed by atoms with E-state index < -0.39 is 27.1 Å². The summed E-state index contributed by atoms with van der Waals surface area (Å²) in [6, 6.07) is 11.0. The summed E-state index contributed by atoms with van der Waals surface area (Å²) >= 11 is 5.74. The van der Waals surface area contributed by atoms with E-state index in [-0.39, 0.29) is 28.8 Å². The minimum absolute atomic E-state index is 0.0514. The van der Waals surface area contributed by atoms with E-state index in [0.29, 0.717) is 0 Å². The molecule has 1 amide bonds. The summed E-state index contributed by atoms with van der Waals surface area (Å²) in [6.07, 6.45) is 1.09. The van der Waals surface area contributed by atoms with E-state index in [2.05, 4.69) is 26.1 Å². The fraction of sp³-hybridized carbons (Fsp3) is 0.105. The number of hydrogen-bond donors (Lipinski definition) is 3. The van der Waals surface area contributed by atoms with Gasteiger partial charge >= 0.3 is 5.69 Å². The third-order valence-electron chi connectivity index (χ3n) is 4.28. The van der Waals surface area contributed by atoms with Crippen LogP contribution in [0.5, 0.6) is 0 Å². The number of hydrogen-bond acceptors (Lipinski definition) is 9. The fourth-order valence-electron chi connectivity index (χ4n) is 2.65. The van der Waals surface area contributed by atoms with Gasteiger partial charge in [-0.05, 0) is 24.6 Å². The second-order valence-corrected chi connectivity index (χ2v) is 6.93. The standard InChI is InChI=1S/C19H16ClN7O5/c1-11-2-4-12(5-3-11)9-21-17-16(27(31)32)18(23-10-22-17)24-25-19(28)13-6-7-14(20)15(8-13)26(29)30/h2-8,10H,9H2,1H3,(H,25,28)(H2,21,22,23,24). The molecular weight excluding hydrogens is 442 g/mol. The van der Waals surface area contributed by atoms with Gasteiger partial charge in [0.25, 0.3) is 11.6 Å². The molecular formula is C19H16ClN7O5. The Labute approximate surface area is 185 Å². The fourth-order valence-corrected chi connectivity index (χ4v) is 2.83. The van der Waals surface area contributed by atoms with Gasteiger partial charge in [0.2, 0.25) is 11.6 Å². The van der Waals surface area contributed by atoms with Crippen LogP contribution in [0.2, 0.25) is 5.02 Å². The molecule has 0 aliphatic carbocycles. The highest BCUT2D eigenvalue weighted by Gasteiger charge is 2.24. The summed E-state index contributed by atoms with van der Waals surface area (Å²) in [6.45, 7) is 2.22. The van der Waals surface area contributed by atoms with Gasteiger partial charge in [-0.2, -0.15) is 0 Å². The molecule has 2 aromatic carbocycles. The molecule has 3 rings (SSSR count). The van der Waals surface area contributed by atoms with Crippen LogP contribution in [-0.2, 0) is 6.54 Å². The highest BCUT2D eigenvalue weighted by Crippen LogP contribution is 2.29. The van der Waals surface area contributed by atoms with Crippen molar-refractivity contribution in [2.75, 3.05) is 10.7 Å². The molecule has 3 N–H and O–H groups in total. The van der Waals surface area contributed by atoms with Crippen molar-refractivity contribution in [1.29, 1.82) is 0 Å². The van der Waals surface area contributed by atoms with Gasteiger partial charge in [0.05, 0.1) is 9.85 Å². The number of nitrogens with one attached hydrogen (secondary N) is 3. The van der Waals surface area contributed by atoms with Gasteiger partial charge in [0, 0.05) is 18.2 Å². The Kier molecular flexibility index (Phi) is 6.75. The molecule has 0 bridgehead atoms. The molecule has 0 unspecified atom stereocenters.